The Hall–Kier alpha value is -2.45. The summed E-state index contributed by atoms with van der Waals surface area (Å²) >= 11 is 1.71. The Morgan fingerprint density at radius 3 is 2.41 bits per heavy atom. The van der Waals surface area contributed by atoms with Crippen molar-refractivity contribution in [2.75, 3.05) is 76.0 Å². The van der Waals surface area contributed by atoms with Gasteiger partial charge in [0.25, 0.3) is 0 Å². The zero-order valence-electron chi connectivity index (χ0n) is 19.3. The molecule has 13 heteroatoms. The third kappa shape index (κ3) is 4.98. The molecule has 3 aromatic rings. The molecule has 11 nitrogen and oxygen atoms in total. The van der Waals surface area contributed by atoms with Crippen LogP contribution in [0.4, 0.5) is 11.8 Å². The lowest BCUT2D eigenvalue weighted by Crippen LogP contribution is -2.47. The molecule has 2 aliphatic heterocycles. The Labute approximate surface area is 202 Å². The summed E-state index contributed by atoms with van der Waals surface area (Å²) in [7, 11) is -1.36. The summed E-state index contributed by atoms with van der Waals surface area (Å²) < 4.78 is 31.8. The normalized spacial score (nSPS) is 18.5. The number of aromatic nitrogens is 4. The first kappa shape index (κ1) is 23.3. The van der Waals surface area contributed by atoms with Crippen molar-refractivity contribution >= 4 is 43.3 Å². The van der Waals surface area contributed by atoms with Crippen LogP contribution >= 0.6 is 11.3 Å². The number of ether oxygens (including phenoxy) is 1. The van der Waals surface area contributed by atoms with E-state index < -0.39 is 10.0 Å². The van der Waals surface area contributed by atoms with Crippen LogP contribution in [0, 0.1) is 0 Å². The highest BCUT2D eigenvalue weighted by Gasteiger charge is 2.25. The first-order chi connectivity index (χ1) is 16.4. The molecular weight excluding hydrogens is 476 g/mol. The second kappa shape index (κ2) is 9.66. The standard InChI is InChI=1S/C21H28N8O3S2/c1-22-21-23-12-15(13-24-21)19-25-17-11-16(14-27-3-5-29(6-4-27)34(2,30)31)33-18(17)20(26-19)28-7-9-32-10-8-28/h11-13H,3-10,14H2,1-2H3,(H,22,23,24). The minimum Gasteiger partial charge on any atom is -0.378 e. The number of morpholine rings is 1. The van der Waals surface area contributed by atoms with E-state index in [1.54, 1.807) is 35.1 Å². The van der Waals surface area contributed by atoms with Crippen LogP contribution in [-0.2, 0) is 21.3 Å². The Kier molecular flexibility index (Phi) is 6.62. The number of anilines is 2. The molecule has 5 heterocycles. The molecule has 34 heavy (non-hydrogen) atoms. The van der Waals surface area contributed by atoms with Crippen molar-refractivity contribution < 1.29 is 13.2 Å². The molecule has 1 N–H and O–H groups in total. The Morgan fingerprint density at radius 1 is 1.06 bits per heavy atom. The van der Waals surface area contributed by atoms with Crippen LogP contribution in [0.3, 0.4) is 0 Å². The Balaban J connectivity index is 1.44. The van der Waals surface area contributed by atoms with Crippen LogP contribution in [0.25, 0.3) is 21.6 Å². The molecule has 0 aliphatic carbocycles. The fourth-order valence-corrected chi connectivity index (χ4v) is 6.15. The topological polar surface area (TPSA) is 117 Å². The molecule has 0 saturated carbocycles. The van der Waals surface area contributed by atoms with Gasteiger partial charge in [-0.05, 0) is 6.07 Å². The molecule has 0 amide bonds. The molecule has 182 valence electrons. The predicted octanol–water partition coefficient (Wildman–Crippen LogP) is 1.10. The summed E-state index contributed by atoms with van der Waals surface area (Å²) in [5.41, 5.74) is 1.67. The fourth-order valence-electron chi connectivity index (χ4n) is 4.17. The number of rotatable bonds is 6. The van der Waals surface area contributed by atoms with Crippen molar-refractivity contribution in [2.24, 2.45) is 0 Å². The molecule has 0 bridgehead atoms. The van der Waals surface area contributed by atoms with Gasteiger partial charge in [-0.3, -0.25) is 4.90 Å². The van der Waals surface area contributed by atoms with Crippen molar-refractivity contribution in [2.45, 2.75) is 6.54 Å². The second-order valence-electron chi connectivity index (χ2n) is 8.38. The van der Waals surface area contributed by atoms with E-state index in [4.69, 9.17) is 14.7 Å². The van der Waals surface area contributed by atoms with Gasteiger partial charge in [0, 0.05) is 70.1 Å². The maximum Gasteiger partial charge on any atom is 0.222 e. The maximum atomic E-state index is 11.8. The second-order valence-corrected chi connectivity index (χ2v) is 11.5. The third-order valence-corrected chi connectivity index (χ3v) is 8.44. The molecule has 0 unspecified atom stereocenters. The van der Waals surface area contributed by atoms with E-state index in [0.717, 1.165) is 41.2 Å². The largest absolute Gasteiger partial charge is 0.378 e. The molecule has 0 spiro atoms. The van der Waals surface area contributed by atoms with Gasteiger partial charge in [-0.15, -0.1) is 11.3 Å². The van der Waals surface area contributed by atoms with Crippen molar-refractivity contribution in [3.63, 3.8) is 0 Å². The van der Waals surface area contributed by atoms with E-state index in [-0.39, 0.29) is 0 Å². The molecule has 2 saturated heterocycles. The molecule has 2 aliphatic rings. The lowest BCUT2D eigenvalue weighted by atomic mass is 10.3. The third-order valence-electron chi connectivity index (χ3n) is 6.03. The van der Waals surface area contributed by atoms with Gasteiger partial charge in [0.05, 0.1) is 35.2 Å². The molecular formula is C21H28N8O3S2. The average molecular weight is 505 g/mol. The van der Waals surface area contributed by atoms with E-state index in [1.165, 1.54) is 11.1 Å². The number of hydrogen-bond acceptors (Lipinski definition) is 11. The number of fused-ring (bicyclic) bond motifs is 1. The summed E-state index contributed by atoms with van der Waals surface area (Å²) in [6.07, 6.45) is 4.74. The van der Waals surface area contributed by atoms with Crippen molar-refractivity contribution in [1.82, 2.24) is 29.1 Å². The first-order valence-corrected chi connectivity index (χ1v) is 13.9. The van der Waals surface area contributed by atoms with Crippen LogP contribution < -0.4 is 10.2 Å². The smallest absolute Gasteiger partial charge is 0.222 e. The van der Waals surface area contributed by atoms with Gasteiger partial charge in [-0.1, -0.05) is 0 Å². The van der Waals surface area contributed by atoms with E-state index in [2.05, 4.69) is 31.2 Å². The number of piperazine rings is 1. The summed E-state index contributed by atoms with van der Waals surface area (Å²) in [4.78, 5) is 24.1. The zero-order valence-corrected chi connectivity index (χ0v) is 20.9. The SMILES string of the molecule is CNc1ncc(-c2nc(N3CCOCC3)c3sc(CN4CCN(S(C)(=O)=O)CC4)cc3n2)cn1. The predicted molar refractivity (Wildman–Crippen MR) is 133 cm³/mol. The monoisotopic (exact) mass is 504 g/mol. The summed E-state index contributed by atoms with van der Waals surface area (Å²) in [6.45, 7) is 6.13. The van der Waals surface area contributed by atoms with E-state index >= 15 is 0 Å². The van der Waals surface area contributed by atoms with Crippen LogP contribution in [0.1, 0.15) is 4.88 Å². The Bertz CT molecular complexity index is 1250. The van der Waals surface area contributed by atoms with E-state index in [1.807, 2.05) is 0 Å². The van der Waals surface area contributed by atoms with Crippen LogP contribution in [0.5, 0.6) is 0 Å². The molecule has 3 aromatic heterocycles. The van der Waals surface area contributed by atoms with Crippen LogP contribution in [0.15, 0.2) is 18.5 Å². The number of nitrogens with zero attached hydrogens (tertiary/aromatic N) is 7. The highest BCUT2D eigenvalue weighted by Crippen LogP contribution is 2.35. The Morgan fingerprint density at radius 2 is 1.76 bits per heavy atom. The summed E-state index contributed by atoms with van der Waals surface area (Å²) in [5, 5.41) is 2.93. The van der Waals surface area contributed by atoms with Gasteiger partial charge in [0.15, 0.2) is 11.6 Å². The van der Waals surface area contributed by atoms with E-state index in [9.17, 15) is 8.42 Å². The molecule has 0 atom stereocenters. The number of thiophene rings is 1. The van der Waals surface area contributed by atoms with Gasteiger partial charge < -0.3 is 15.0 Å². The van der Waals surface area contributed by atoms with Crippen LogP contribution in [-0.4, -0.2) is 103 Å². The van der Waals surface area contributed by atoms with Gasteiger partial charge in [0.2, 0.25) is 16.0 Å². The highest BCUT2D eigenvalue weighted by molar-refractivity contribution is 7.88. The molecule has 5 rings (SSSR count). The fraction of sp³-hybridized carbons (Fsp3) is 0.524. The van der Waals surface area contributed by atoms with E-state index in [0.29, 0.717) is 51.2 Å². The van der Waals surface area contributed by atoms with Crippen LogP contribution in [0.2, 0.25) is 0 Å². The first-order valence-electron chi connectivity index (χ1n) is 11.2. The number of hydrogen-bond donors (Lipinski definition) is 1. The lowest BCUT2D eigenvalue weighted by Gasteiger charge is -2.32. The van der Waals surface area contributed by atoms with Gasteiger partial charge in [-0.25, -0.2) is 28.4 Å². The maximum absolute atomic E-state index is 11.8. The zero-order chi connectivity index (χ0) is 23.7. The lowest BCUT2D eigenvalue weighted by molar-refractivity contribution is 0.122. The van der Waals surface area contributed by atoms with Crippen molar-refractivity contribution in [1.29, 1.82) is 0 Å². The van der Waals surface area contributed by atoms with Crippen molar-refractivity contribution in [3.05, 3.63) is 23.3 Å². The van der Waals surface area contributed by atoms with Gasteiger partial charge in [0.1, 0.15) is 0 Å². The van der Waals surface area contributed by atoms with Gasteiger partial charge in [-0.2, -0.15) is 4.31 Å². The highest BCUT2D eigenvalue weighted by atomic mass is 32.2. The number of nitrogens with one attached hydrogen (secondary N) is 1. The van der Waals surface area contributed by atoms with Crippen molar-refractivity contribution in [3.8, 4) is 11.4 Å². The van der Waals surface area contributed by atoms with Gasteiger partial charge >= 0.3 is 0 Å². The molecule has 0 radical (unpaired) electrons. The summed E-state index contributed by atoms with van der Waals surface area (Å²) in [5.74, 6) is 2.06. The summed E-state index contributed by atoms with van der Waals surface area (Å²) in [6, 6.07) is 2.13. The average Bonchev–Trinajstić information content (AvgIpc) is 3.26. The number of sulfonamides is 1. The quantitative estimate of drug-likeness (QED) is 0.523. The molecule has 2 fully saturated rings. The minimum absolute atomic E-state index is 0.523. The molecule has 0 aromatic carbocycles. The minimum atomic E-state index is -3.14.